The van der Waals surface area contributed by atoms with Crippen LogP contribution in [0.25, 0.3) is 0 Å². The Kier molecular flexibility index (Phi) is 10.1. The fourth-order valence-corrected chi connectivity index (χ4v) is 4.78. The van der Waals surface area contributed by atoms with Gasteiger partial charge in [-0.3, -0.25) is 0 Å². The monoisotopic (exact) mass is 587 g/mol. The van der Waals surface area contributed by atoms with E-state index in [4.69, 9.17) is 14.2 Å². The molecular weight excluding hydrogens is 553 g/mol. The van der Waals surface area contributed by atoms with E-state index in [2.05, 4.69) is 52.2 Å². The third-order valence-corrected chi connectivity index (χ3v) is 6.42. The van der Waals surface area contributed by atoms with E-state index in [1.165, 1.54) is 0 Å². The smallest absolute Gasteiger partial charge is 0.408 e. The van der Waals surface area contributed by atoms with Crippen molar-refractivity contribution >= 4 is 28.7 Å². The van der Waals surface area contributed by atoms with E-state index in [0.717, 1.165) is 16.7 Å². The Morgan fingerprint density at radius 1 is 0.829 bits per heavy atom. The number of alkyl carbamates (subject to hydrolysis) is 1. The summed E-state index contributed by atoms with van der Waals surface area (Å²) in [5, 5.41) is 2.95. The van der Waals surface area contributed by atoms with Crippen molar-refractivity contribution in [2.24, 2.45) is 0 Å². The predicted octanol–water partition coefficient (Wildman–Crippen LogP) is 6.49. The molecule has 1 N–H and O–H groups in total. The second kappa shape index (κ2) is 13.0. The summed E-state index contributed by atoms with van der Waals surface area (Å²) in [4.78, 5) is 12.6. The highest BCUT2D eigenvalue weighted by Gasteiger charge is 2.35. The average Bonchev–Trinajstić information content (AvgIpc) is 2.85. The fourth-order valence-electron chi connectivity index (χ4n) is 3.68. The van der Waals surface area contributed by atoms with Crippen LogP contribution in [-0.4, -0.2) is 35.4 Å². The van der Waals surface area contributed by atoms with Crippen LogP contribution in [-0.2, 0) is 26.4 Å². The number of carbonyl (C=O) groups excluding carboxylic acids is 1. The Morgan fingerprint density at radius 2 is 1.34 bits per heavy atom. The summed E-state index contributed by atoms with van der Waals surface area (Å²) in [5.41, 5.74) is 1.92. The van der Waals surface area contributed by atoms with Crippen LogP contribution in [0.4, 0.5) is 4.79 Å². The lowest BCUT2D eigenvalue weighted by Gasteiger charge is -2.35. The van der Waals surface area contributed by atoms with Gasteiger partial charge in [0.2, 0.25) is 0 Å². The Morgan fingerprint density at radius 3 is 1.83 bits per heavy atom. The summed E-state index contributed by atoms with van der Waals surface area (Å²) in [6.45, 7) is 6.51. The van der Waals surface area contributed by atoms with Crippen LogP contribution in [0.3, 0.4) is 0 Å². The Labute approximate surface area is 222 Å². The van der Waals surface area contributed by atoms with Crippen molar-refractivity contribution in [1.82, 2.24) is 5.32 Å². The zero-order valence-electron chi connectivity index (χ0n) is 20.6. The first-order valence-electron chi connectivity index (χ1n) is 11.7. The van der Waals surface area contributed by atoms with Gasteiger partial charge >= 0.3 is 6.09 Å². The van der Waals surface area contributed by atoms with Crippen LogP contribution in [0.2, 0.25) is 0 Å². The molecule has 1 unspecified atom stereocenters. The molecule has 0 heterocycles. The van der Waals surface area contributed by atoms with Crippen LogP contribution in [0, 0.1) is 0 Å². The van der Waals surface area contributed by atoms with E-state index in [9.17, 15) is 4.79 Å². The first kappa shape index (κ1) is 27.2. The minimum absolute atomic E-state index is 0.251. The van der Waals surface area contributed by atoms with Crippen molar-refractivity contribution in [3.05, 3.63) is 108 Å². The van der Waals surface area contributed by atoms with Crippen molar-refractivity contribution in [2.75, 3.05) is 17.6 Å². The minimum Gasteiger partial charge on any atom is -0.444 e. The van der Waals surface area contributed by atoms with Gasteiger partial charge in [0, 0.05) is 4.43 Å². The average molecular weight is 587 g/mol. The number of hydrogen-bond acceptors (Lipinski definition) is 4. The molecule has 186 valence electrons. The summed E-state index contributed by atoms with van der Waals surface area (Å²) in [6.07, 6.45) is -0.492. The normalized spacial score (nSPS) is 12.7. The first-order chi connectivity index (χ1) is 16.8. The summed E-state index contributed by atoms with van der Waals surface area (Å²) >= 11 is 2.37. The zero-order chi connectivity index (χ0) is 25.2. The van der Waals surface area contributed by atoms with Crippen LogP contribution in [0.1, 0.15) is 37.5 Å². The first-order valence-corrected chi connectivity index (χ1v) is 13.3. The molecule has 3 rings (SSSR count). The maximum Gasteiger partial charge on any atom is 0.408 e. The Balaban J connectivity index is 1.79. The van der Waals surface area contributed by atoms with Gasteiger partial charge < -0.3 is 19.5 Å². The SMILES string of the molecule is CC(C)(C)OC(=O)NC(COCc1ccccc1)COC(CI)(c1ccccc1)c1ccccc1. The Hall–Kier alpha value is -2.42. The number of ether oxygens (including phenoxy) is 3. The van der Waals surface area contributed by atoms with Gasteiger partial charge in [-0.15, -0.1) is 0 Å². The summed E-state index contributed by atoms with van der Waals surface area (Å²) in [5.74, 6) is 0. The van der Waals surface area contributed by atoms with Crippen molar-refractivity contribution < 1.29 is 19.0 Å². The molecular formula is C29H34INO4. The van der Waals surface area contributed by atoms with Gasteiger partial charge in [0.1, 0.15) is 11.2 Å². The quantitative estimate of drug-likeness (QED) is 0.206. The summed E-state index contributed by atoms with van der Waals surface area (Å²) in [7, 11) is 0. The topological polar surface area (TPSA) is 56.8 Å². The van der Waals surface area contributed by atoms with Crippen molar-refractivity contribution in [1.29, 1.82) is 0 Å². The van der Waals surface area contributed by atoms with E-state index in [1.807, 2.05) is 87.5 Å². The summed E-state index contributed by atoms with van der Waals surface area (Å²) in [6, 6.07) is 29.9. The van der Waals surface area contributed by atoms with Gasteiger partial charge in [0.15, 0.2) is 0 Å². The van der Waals surface area contributed by atoms with Crippen molar-refractivity contribution in [2.45, 2.75) is 44.6 Å². The van der Waals surface area contributed by atoms with Gasteiger partial charge in [0.25, 0.3) is 0 Å². The lowest BCUT2D eigenvalue weighted by Crippen LogP contribution is -2.46. The van der Waals surface area contributed by atoms with Crippen molar-refractivity contribution in [3.8, 4) is 0 Å². The number of rotatable bonds is 11. The summed E-state index contributed by atoms with van der Waals surface area (Å²) < 4.78 is 18.9. The highest BCUT2D eigenvalue weighted by Crippen LogP contribution is 2.36. The predicted molar refractivity (Wildman–Crippen MR) is 148 cm³/mol. The molecule has 1 amide bonds. The molecule has 3 aromatic rings. The largest absolute Gasteiger partial charge is 0.444 e. The number of nitrogens with one attached hydrogen (secondary N) is 1. The molecule has 0 aliphatic rings. The van der Waals surface area contributed by atoms with Gasteiger partial charge in [0.05, 0.1) is 25.9 Å². The zero-order valence-corrected chi connectivity index (χ0v) is 22.7. The minimum atomic E-state index is -0.670. The molecule has 0 radical (unpaired) electrons. The number of amides is 1. The molecule has 0 aliphatic carbocycles. The second-order valence-corrected chi connectivity index (χ2v) is 10.1. The van der Waals surface area contributed by atoms with Crippen LogP contribution in [0.15, 0.2) is 91.0 Å². The van der Waals surface area contributed by atoms with Crippen LogP contribution in [0.5, 0.6) is 0 Å². The maximum absolute atomic E-state index is 12.6. The van der Waals surface area contributed by atoms with Gasteiger partial charge in [-0.1, -0.05) is 114 Å². The maximum atomic E-state index is 12.6. The lowest BCUT2D eigenvalue weighted by molar-refractivity contribution is -0.0291. The molecule has 0 fully saturated rings. The van der Waals surface area contributed by atoms with Gasteiger partial charge in [-0.25, -0.2) is 4.79 Å². The molecule has 6 heteroatoms. The van der Waals surface area contributed by atoms with E-state index in [1.54, 1.807) is 0 Å². The van der Waals surface area contributed by atoms with Gasteiger partial charge in [-0.2, -0.15) is 0 Å². The van der Waals surface area contributed by atoms with E-state index < -0.39 is 23.3 Å². The molecule has 3 aromatic carbocycles. The molecule has 0 aliphatic heterocycles. The van der Waals surface area contributed by atoms with E-state index in [-0.39, 0.29) is 13.2 Å². The number of carbonyl (C=O) groups is 1. The number of hydrogen-bond donors (Lipinski definition) is 1. The molecule has 0 saturated heterocycles. The van der Waals surface area contributed by atoms with E-state index >= 15 is 0 Å². The number of alkyl halides is 1. The molecule has 35 heavy (non-hydrogen) atoms. The van der Waals surface area contributed by atoms with Gasteiger partial charge in [-0.05, 0) is 37.5 Å². The molecule has 0 aromatic heterocycles. The molecule has 0 saturated carbocycles. The highest BCUT2D eigenvalue weighted by molar-refractivity contribution is 14.1. The molecule has 0 bridgehead atoms. The van der Waals surface area contributed by atoms with E-state index in [0.29, 0.717) is 11.0 Å². The molecule has 1 atom stereocenters. The lowest BCUT2D eigenvalue weighted by atomic mass is 9.88. The molecule has 5 nitrogen and oxygen atoms in total. The highest BCUT2D eigenvalue weighted by atomic mass is 127. The third-order valence-electron chi connectivity index (χ3n) is 5.35. The Bertz CT molecular complexity index is 983. The second-order valence-electron chi connectivity index (χ2n) is 9.35. The molecule has 0 spiro atoms. The van der Waals surface area contributed by atoms with Crippen molar-refractivity contribution in [3.63, 3.8) is 0 Å². The third kappa shape index (κ3) is 8.33. The number of benzene rings is 3. The fraction of sp³-hybridized carbons (Fsp3) is 0.345. The van der Waals surface area contributed by atoms with Crippen LogP contribution < -0.4 is 5.32 Å². The van der Waals surface area contributed by atoms with Crippen LogP contribution >= 0.6 is 22.6 Å². The number of halogens is 1. The standard InChI is InChI=1S/C29H34INO4/c1-28(2,3)35-27(32)31-26(20-33-19-23-13-7-4-8-14-23)21-34-29(22-30,24-15-9-5-10-16-24)25-17-11-6-12-18-25/h4-18,26H,19-22H2,1-3H3,(H,31,32).